The first-order chi connectivity index (χ1) is 11.4. The molecule has 0 radical (unpaired) electrons. The van der Waals surface area contributed by atoms with E-state index < -0.39 is 20.3 Å². The summed E-state index contributed by atoms with van der Waals surface area (Å²) >= 11 is -2.20. The summed E-state index contributed by atoms with van der Waals surface area (Å²) in [4.78, 5) is 0. The maximum atomic E-state index is 2.73. The Labute approximate surface area is 177 Å². The van der Waals surface area contributed by atoms with Gasteiger partial charge in [0.2, 0.25) is 0 Å². The Morgan fingerprint density at radius 1 is 1.00 bits per heavy atom. The molecule has 0 aromatic carbocycles. The summed E-state index contributed by atoms with van der Waals surface area (Å²) in [5.41, 5.74) is 7.14. The number of hydrogen-bond donors (Lipinski definition) is 0. The monoisotopic (exact) mass is 470 g/mol. The fraction of sp³-hybridized carbons (Fsp3) is 0.652. The van der Waals surface area contributed by atoms with Crippen molar-refractivity contribution in [3.05, 3.63) is 43.8 Å². The van der Waals surface area contributed by atoms with Gasteiger partial charge in [0.25, 0.3) is 0 Å². The molecule has 4 aliphatic rings. The van der Waals surface area contributed by atoms with E-state index in [2.05, 4.69) is 52.8 Å². The molecule has 0 saturated carbocycles. The standard InChI is InChI=1S/C11H17.C9H11.C3H6.2ClH.Zr/c1-8(2)10-6-5-7-11(10)9(3)4;1-2-5-9-7-3-6-8(9)4-1;1-3-2;;;/h6,8-9H,7H2,1-4H3;3,6-7H,1-2,4-5H2;3H,1H2,2H3;2*1H;/q;;;;;+2/p-2. The van der Waals surface area contributed by atoms with Crippen LogP contribution < -0.4 is 24.8 Å². The van der Waals surface area contributed by atoms with E-state index in [9.17, 15) is 0 Å². The van der Waals surface area contributed by atoms with Crippen molar-refractivity contribution in [2.45, 2.75) is 78.1 Å². The number of rotatable bonds is 4. The van der Waals surface area contributed by atoms with Gasteiger partial charge in [0.15, 0.2) is 0 Å². The Hall–Kier alpha value is 0.423. The first-order valence-electron chi connectivity index (χ1n) is 10.3. The second-order valence-corrected chi connectivity index (χ2v) is 21.0. The number of halogens is 2. The van der Waals surface area contributed by atoms with Gasteiger partial charge in [-0.05, 0) is 0 Å². The molecule has 1 saturated heterocycles. The van der Waals surface area contributed by atoms with Gasteiger partial charge in [-0.3, -0.25) is 0 Å². The molecule has 26 heavy (non-hydrogen) atoms. The van der Waals surface area contributed by atoms with Crippen LogP contribution >= 0.6 is 0 Å². The summed E-state index contributed by atoms with van der Waals surface area (Å²) in [6, 6.07) is 0. The van der Waals surface area contributed by atoms with E-state index in [1.54, 1.807) is 20.8 Å². The number of hydrogen-bond acceptors (Lipinski definition) is 0. The van der Waals surface area contributed by atoms with Crippen molar-refractivity contribution in [2.24, 2.45) is 11.8 Å². The van der Waals surface area contributed by atoms with Crippen molar-refractivity contribution in [1.82, 2.24) is 0 Å². The molecule has 0 aromatic rings. The molecule has 1 aliphatic heterocycles. The molecule has 3 unspecified atom stereocenters. The molecule has 1 heterocycles. The minimum Gasteiger partial charge on any atom is -1.00 e. The molecule has 0 nitrogen and oxygen atoms in total. The van der Waals surface area contributed by atoms with E-state index in [4.69, 9.17) is 0 Å². The maximum Gasteiger partial charge on any atom is -1.00 e. The van der Waals surface area contributed by atoms with Crippen molar-refractivity contribution in [1.29, 1.82) is 0 Å². The van der Waals surface area contributed by atoms with Gasteiger partial charge in [-0.15, -0.1) is 0 Å². The summed E-state index contributed by atoms with van der Waals surface area (Å²) in [5.74, 6) is 1.41. The molecule has 4 rings (SSSR count). The Morgan fingerprint density at radius 2 is 1.65 bits per heavy atom. The first kappa shape index (κ1) is 22.7. The van der Waals surface area contributed by atoms with Crippen molar-refractivity contribution in [3.63, 3.8) is 0 Å². The average Bonchev–Trinajstić information content (AvgIpc) is 2.97. The average molecular weight is 473 g/mol. The van der Waals surface area contributed by atoms with Crippen LogP contribution in [0.3, 0.4) is 0 Å². The maximum absolute atomic E-state index is 2.73. The molecule has 3 atom stereocenters. The van der Waals surface area contributed by atoms with Crippen LogP contribution in [0.2, 0.25) is 11.4 Å². The van der Waals surface area contributed by atoms with Gasteiger partial charge < -0.3 is 24.8 Å². The Bertz CT molecular complexity index is 680. The van der Waals surface area contributed by atoms with Crippen molar-refractivity contribution in [3.8, 4) is 0 Å². The summed E-state index contributed by atoms with van der Waals surface area (Å²) < 4.78 is 5.59. The second kappa shape index (κ2) is 8.43. The van der Waals surface area contributed by atoms with Crippen LogP contribution in [0.4, 0.5) is 0 Å². The Morgan fingerprint density at radius 3 is 2.19 bits per heavy atom. The minimum atomic E-state index is -2.20. The van der Waals surface area contributed by atoms with Crippen molar-refractivity contribution >= 4 is 0 Å². The molecular formula is C23H34Cl2Zr. The molecule has 3 heteroatoms. The van der Waals surface area contributed by atoms with E-state index in [0.29, 0.717) is 5.92 Å². The molecule has 1 fully saturated rings. The largest absolute Gasteiger partial charge is 1.00 e. The van der Waals surface area contributed by atoms with E-state index in [0.717, 1.165) is 13.2 Å². The van der Waals surface area contributed by atoms with E-state index in [1.165, 1.54) is 32.1 Å². The molecule has 0 N–H and O–H groups in total. The zero-order valence-corrected chi connectivity index (χ0v) is 21.0. The van der Waals surface area contributed by atoms with Gasteiger partial charge in [-0.25, -0.2) is 0 Å². The smallest absolute Gasteiger partial charge is 1.00 e. The first-order valence-corrected chi connectivity index (χ1v) is 16.1. The summed E-state index contributed by atoms with van der Waals surface area (Å²) in [5, 5.41) is 0. The van der Waals surface area contributed by atoms with Gasteiger partial charge in [-0.1, -0.05) is 0 Å². The van der Waals surface area contributed by atoms with Gasteiger partial charge in [0.1, 0.15) is 0 Å². The molecule has 0 aromatic heterocycles. The predicted molar refractivity (Wildman–Crippen MR) is 102 cm³/mol. The van der Waals surface area contributed by atoms with Crippen LogP contribution in [0.15, 0.2) is 43.8 Å². The van der Waals surface area contributed by atoms with Crippen LogP contribution in [-0.4, -0.2) is 0 Å². The third kappa shape index (κ3) is 3.55. The van der Waals surface area contributed by atoms with Gasteiger partial charge >= 0.3 is 154 Å². The molecule has 0 bridgehead atoms. The zero-order chi connectivity index (χ0) is 17.1. The zero-order valence-electron chi connectivity index (χ0n) is 17.0. The number of allylic oxidation sites excluding steroid dienone is 8. The summed E-state index contributed by atoms with van der Waals surface area (Å²) in [6.07, 6.45) is 14.9. The Balaban J connectivity index is 0.00000121. The SMILES string of the molecule is CC(C)C1=C(C(C)C)C[C]([Zr+2]2([CH]3C=CC4=C3CCCC4)[CH2][CH]2C)=C1.[Cl-].[Cl-]. The third-order valence-corrected chi connectivity index (χ3v) is 21.8. The van der Waals surface area contributed by atoms with Crippen molar-refractivity contribution in [2.75, 3.05) is 0 Å². The van der Waals surface area contributed by atoms with Crippen LogP contribution in [-0.2, 0) is 20.3 Å². The van der Waals surface area contributed by atoms with Gasteiger partial charge in [0, 0.05) is 0 Å². The quantitative estimate of drug-likeness (QED) is 0.582. The second-order valence-electron chi connectivity index (χ2n) is 9.38. The van der Waals surface area contributed by atoms with Gasteiger partial charge in [0.05, 0.1) is 0 Å². The minimum absolute atomic E-state index is 0. The molecule has 0 amide bonds. The normalized spacial score (nSPS) is 30.2. The van der Waals surface area contributed by atoms with E-state index in [1.807, 2.05) is 8.85 Å². The summed E-state index contributed by atoms with van der Waals surface area (Å²) in [7, 11) is 0. The van der Waals surface area contributed by atoms with E-state index >= 15 is 0 Å². The predicted octanol–water partition coefficient (Wildman–Crippen LogP) is 1.51. The van der Waals surface area contributed by atoms with Crippen LogP contribution in [0.5, 0.6) is 0 Å². The van der Waals surface area contributed by atoms with Crippen LogP contribution in [0.25, 0.3) is 0 Å². The third-order valence-electron chi connectivity index (χ3n) is 7.34. The van der Waals surface area contributed by atoms with Gasteiger partial charge in [-0.2, -0.15) is 0 Å². The van der Waals surface area contributed by atoms with Crippen LogP contribution in [0, 0.1) is 11.8 Å². The fourth-order valence-electron chi connectivity index (χ4n) is 5.85. The molecule has 3 aliphatic carbocycles. The molecular weight excluding hydrogens is 438 g/mol. The van der Waals surface area contributed by atoms with Crippen molar-refractivity contribution < 1.29 is 45.1 Å². The molecule has 144 valence electrons. The fourth-order valence-corrected chi connectivity index (χ4v) is 22.3. The molecule has 0 spiro atoms. The summed E-state index contributed by atoms with van der Waals surface area (Å²) in [6.45, 7) is 12.2. The Kier molecular flexibility index (Phi) is 7.36. The van der Waals surface area contributed by atoms with E-state index in [-0.39, 0.29) is 24.8 Å². The van der Waals surface area contributed by atoms with Crippen LogP contribution in [0.1, 0.15) is 66.7 Å². The topological polar surface area (TPSA) is 0 Å².